The molecule has 1 aromatic heterocycles. The molecule has 0 bridgehead atoms. The van der Waals surface area contributed by atoms with Crippen molar-refractivity contribution in [1.29, 1.82) is 0 Å². The van der Waals surface area contributed by atoms with Gasteiger partial charge in [-0.2, -0.15) is 0 Å². The van der Waals surface area contributed by atoms with E-state index in [0.29, 0.717) is 24.0 Å². The Bertz CT molecular complexity index is 919. The Morgan fingerprint density at radius 1 is 1.04 bits per heavy atom. The number of para-hydroxylation sites is 1. The number of aliphatic imine (C=N–C) groups is 1. The van der Waals surface area contributed by atoms with Crippen molar-refractivity contribution in [1.82, 2.24) is 10.3 Å². The summed E-state index contributed by atoms with van der Waals surface area (Å²) in [6.07, 6.45) is 1.81. The van der Waals surface area contributed by atoms with E-state index in [1.807, 2.05) is 36.5 Å². The molecule has 0 aliphatic rings. The monoisotopic (exact) mass is 350 g/mol. The summed E-state index contributed by atoms with van der Waals surface area (Å²) in [5, 5.41) is 7.70. The second-order valence-corrected chi connectivity index (χ2v) is 5.61. The fraction of sp³-hybridized carbons (Fsp3) is 0.200. The first-order valence-electron chi connectivity index (χ1n) is 8.27. The number of fused-ring (bicyclic) bond motifs is 1. The molecule has 0 aliphatic heterocycles. The van der Waals surface area contributed by atoms with Crippen LogP contribution >= 0.6 is 0 Å². The van der Waals surface area contributed by atoms with Gasteiger partial charge in [-0.25, -0.2) is 0 Å². The van der Waals surface area contributed by atoms with Crippen LogP contribution in [0.25, 0.3) is 10.9 Å². The Balaban J connectivity index is 1.72. The number of ether oxygens (including phenoxy) is 2. The van der Waals surface area contributed by atoms with Gasteiger partial charge in [0.15, 0.2) is 17.5 Å². The number of aromatic nitrogens is 1. The Morgan fingerprint density at radius 3 is 2.62 bits per heavy atom. The molecular weight excluding hydrogens is 328 g/mol. The number of benzene rings is 2. The third-order valence-corrected chi connectivity index (χ3v) is 4.03. The summed E-state index contributed by atoms with van der Waals surface area (Å²) < 4.78 is 10.6. The second kappa shape index (κ2) is 8.20. The van der Waals surface area contributed by atoms with E-state index in [1.54, 1.807) is 21.3 Å². The minimum Gasteiger partial charge on any atom is -0.493 e. The molecule has 0 spiro atoms. The first kappa shape index (κ1) is 17.5. The minimum atomic E-state index is 0.612. The molecule has 0 aliphatic carbocycles. The first-order valence-corrected chi connectivity index (χ1v) is 8.27. The van der Waals surface area contributed by atoms with Crippen LogP contribution in [0.15, 0.2) is 59.7 Å². The van der Waals surface area contributed by atoms with Gasteiger partial charge >= 0.3 is 0 Å². The number of guanidine groups is 1. The SMILES string of the molecule is CN=C(NCc1cccc2cccnc12)Nc1ccc(OC)c(OC)c1. The highest BCUT2D eigenvalue weighted by Gasteiger charge is 2.07. The zero-order valence-electron chi connectivity index (χ0n) is 15.1. The smallest absolute Gasteiger partial charge is 0.195 e. The molecule has 2 N–H and O–H groups in total. The van der Waals surface area contributed by atoms with E-state index in [0.717, 1.165) is 22.2 Å². The lowest BCUT2D eigenvalue weighted by molar-refractivity contribution is 0.355. The maximum absolute atomic E-state index is 5.34. The molecule has 6 nitrogen and oxygen atoms in total. The van der Waals surface area contributed by atoms with Crippen molar-refractivity contribution in [3.63, 3.8) is 0 Å². The van der Waals surface area contributed by atoms with Crippen LogP contribution in [-0.2, 0) is 6.54 Å². The number of hydrogen-bond donors (Lipinski definition) is 2. The van der Waals surface area contributed by atoms with E-state index in [-0.39, 0.29) is 0 Å². The molecule has 1 heterocycles. The Morgan fingerprint density at radius 2 is 1.85 bits per heavy atom. The molecule has 0 amide bonds. The topological polar surface area (TPSA) is 67.8 Å². The van der Waals surface area contributed by atoms with Crippen molar-refractivity contribution < 1.29 is 9.47 Å². The lowest BCUT2D eigenvalue weighted by Gasteiger charge is -2.14. The predicted molar refractivity (Wildman–Crippen MR) is 105 cm³/mol. The van der Waals surface area contributed by atoms with Crippen LogP contribution < -0.4 is 20.1 Å². The van der Waals surface area contributed by atoms with E-state index >= 15 is 0 Å². The van der Waals surface area contributed by atoms with Crippen LogP contribution in [0.2, 0.25) is 0 Å². The maximum Gasteiger partial charge on any atom is 0.195 e. The predicted octanol–water partition coefficient (Wildman–Crippen LogP) is 3.44. The minimum absolute atomic E-state index is 0.612. The molecule has 3 rings (SSSR count). The molecule has 134 valence electrons. The normalized spacial score (nSPS) is 11.3. The van der Waals surface area contributed by atoms with Gasteiger partial charge in [0.25, 0.3) is 0 Å². The highest BCUT2D eigenvalue weighted by molar-refractivity contribution is 5.94. The lowest BCUT2D eigenvalue weighted by atomic mass is 10.1. The van der Waals surface area contributed by atoms with E-state index in [2.05, 4.69) is 38.8 Å². The number of rotatable bonds is 5. The van der Waals surface area contributed by atoms with Gasteiger partial charge in [0, 0.05) is 36.9 Å². The van der Waals surface area contributed by atoms with Gasteiger partial charge in [-0.1, -0.05) is 24.3 Å². The van der Waals surface area contributed by atoms with E-state index in [1.165, 1.54) is 0 Å². The molecule has 0 unspecified atom stereocenters. The summed E-state index contributed by atoms with van der Waals surface area (Å²) in [5.74, 6) is 2.00. The average Bonchev–Trinajstić information content (AvgIpc) is 2.70. The summed E-state index contributed by atoms with van der Waals surface area (Å²) in [4.78, 5) is 8.76. The zero-order valence-corrected chi connectivity index (χ0v) is 15.1. The van der Waals surface area contributed by atoms with Gasteiger partial charge in [0.2, 0.25) is 0 Å². The zero-order chi connectivity index (χ0) is 18.4. The summed E-state index contributed by atoms with van der Waals surface area (Å²) in [5.41, 5.74) is 2.95. The Labute approximate surface area is 152 Å². The van der Waals surface area contributed by atoms with Crippen LogP contribution in [0.5, 0.6) is 11.5 Å². The average molecular weight is 350 g/mol. The number of methoxy groups -OCH3 is 2. The molecule has 0 fully saturated rings. The Hall–Kier alpha value is -3.28. The number of pyridine rings is 1. The third-order valence-electron chi connectivity index (χ3n) is 4.03. The quantitative estimate of drug-likeness (QED) is 0.545. The van der Waals surface area contributed by atoms with Crippen LogP contribution in [0.4, 0.5) is 5.69 Å². The van der Waals surface area contributed by atoms with Gasteiger partial charge in [0.05, 0.1) is 19.7 Å². The maximum atomic E-state index is 5.34. The lowest BCUT2D eigenvalue weighted by Crippen LogP contribution is -2.30. The molecule has 2 aromatic carbocycles. The van der Waals surface area contributed by atoms with E-state index in [9.17, 15) is 0 Å². The van der Waals surface area contributed by atoms with Crippen molar-refractivity contribution in [2.24, 2.45) is 4.99 Å². The highest BCUT2D eigenvalue weighted by Crippen LogP contribution is 2.29. The third kappa shape index (κ3) is 3.85. The number of nitrogens with zero attached hydrogens (tertiary/aromatic N) is 2. The molecule has 3 aromatic rings. The molecular formula is C20H22N4O2. The summed E-state index contributed by atoms with van der Waals surface area (Å²) >= 11 is 0. The van der Waals surface area contributed by atoms with E-state index < -0.39 is 0 Å². The fourth-order valence-corrected chi connectivity index (χ4v) is 2.72. The van der Waals surface area contributed by atoms with Gasteiger partial charge in [0.1, 0.15) is 0 Å². The second-order valence-electron chi connectivity index (χ2n) is 5.61. The molecule has 0 saturated carbocycles. The van der Waals surface area contributed by atoms with Gasteiger partial charge in [-0.05, 0) is 23.8 Å². The van der Waals surface area contributed by atoms with Gasteiger partial charge in [-0.3, -0.25) is 9.98 Å². The molecule has 26 heavy (non-hydrogen) atoms. The van der Waals surface area contributed by atoms with Crippen LogP contribution in [0.1, 0.15) is 5.56 Å². The largest absolute Gasteiger partial charge is 0.493 e. The van der Waals surface area contributed by atoms with Crippen molar-refractivity contribution in [3.8, 4) is 11.5 Å². The fourth-order valence-electron chi connectivity index (χ4n) is 2.72. The molecule has 0 atom stereocenters. The summed E-state index contributed by atoms with van der Waals surface area (Å²) in [6.45, 7) is 0.612. The first-order chi connectivity index (χ1) is 12.7. The standard InChI is InChI=1S/C20H22N4O2/c1-21-20(24-16-9-10-17(25-2)18(12-16)26-3)23-13-15-7-4-6-14-8-5-11-22-19(14)15/h4-12H,13H2,1-3H3,(H2,21,23,24). The Kier molecular flexibility index (Phi) is 5.53. The van der Waals surface area contributed by atoms with Crippen molar-refractivity contribution >= 4 is 22.5 Å². The number of nitrogens with one attached hydrogen (secondary N) is 2. The highest BCUT2D eigenvalue weighted by atomic mass is 16.5. The number of hydrogen-bond acceptors (Lipinski definition) is 4. The van der Waals surface area contributed by atoms with E-state index in [4.69, 9.17) is 9.47 Å². The van der Waals surface area contributed by atoms with Crippen molar-refractivity contribution in [3.05, 3.63) is 60.3 Å². The van der Waals surface area contributed by atoms with Crippen LogP contribution in [0.3, 0.4) is 0 Å². The summed E-state index contributed by atoms with van der Waals surface area (Å²) in [7, 11) is 4.96. The van der Waals surface area contributed by atoms with Crippen LogP contribution in [0, 0.1) is 0 Å². The summed E-state index contributed by atoms with van der Waals surface area (Å²) in [6, 6.07) is 15.8. The van der Waals surface area contributed by atoms with Gasteiger partial charge < -0.3 is 20.1 Å². The molecule has 0 saturated heterocycles. The molecule has 0 radical (unpaired) electrons. The van der Waals surface area contributed by atoms with Crippen LogP contribution in [-0.4, -0.2) is 32.2 Å². The van der Waals surface area contributed by atoms with Gasteiger partial charge in [-0.15, -0.1) is 0 Å². The van der Waals surface area contributed by atoms with Crippen molar-refractivity contribution in [2.45, 2.75) is 6.54 Å². The number of anilines is 1. The molecule has 6 heteroatoms. The van der Waals surface area contributed by atoms with Crippen molar-refractivity contribution in [2.75, 3.05) is 26.6 Å².